The monoisotopic (exact) mass is 259 g/mol. The fourth-order valence-electron chi connectivity index (χ4n) is 2.29. The van der Waals surface area contributed by atoms with Gasteiger partial charge >= 0.3 is 0 Å². The minimum Gasteiger partial charge on any atom is -0.396 e. The first kappa shape index (κ1) is 12.0. The Labute approximate surface area is 106 Å². The van der Waals surface area contributed by atoms with Crippen LogP contribution in [0.25, 0.3) is 0 Å². The van der Waals surface area contributed by atoms with Crippen molar-refractivity contribution in [2.45, 2.75) is 25.3 Å². The summed E-state index contributed by atoms with van der Waals surface area (Å²) >= 11 is 11.9. The van der Waals surface area contributed by atoms with Gasteiger partial charge in [0.1, 0.15) is 0 Å². The fraction of sp³-hybridized carbons (Fsp3) is 0.500. The number of aliphatic hydroxyl groups excluding tert-OH is 1. The van der Waals surface area contributed by atoms with Crippen LogP contribution < -0.4 is 4.90 Å². The Kier molecular flexibility index (Phi) is 3.95. The van der Waals surface area contributed by atoms with Crippen LogP contribution >= 0.6 is 23.2 Å². The van der Waals surface area contributed by atoms with Gasteiger partial charge in [-0.1, -0.05) is 23.2 Å². The Morgan fingerprint density at radius 3 is 2.81 bits per heavy atom. The number of nitrogens with zero attached hydrogens (tertiary/aromatic N) is 1. The maximum Gasteiger partial charge on any atom is 0.0612 e. The Morgan fingerprint density at radius 2 is 2.12 bits per heavy atom. The summed E-state index contributed by atoms with van der Waals surface area (Å²) in [5, 5.41) is 10.2. The van der Waals surface area contributed by atoms with E-state index in [1.54, 1.807) is 0 Å². The number of anilines is 1. The quantitative estimate of drug-likeness (QED) is 0.900. The van der Waals surface area contributed by atoms with Gasteiger partial charge in [-0.2, -0.15) is 0 Å². The van der Waals surface area contributed by atoms with E-state index in [0.29, 0.717) is 16.1 Å². The van der Waals surface area contributed by atoms with E-state index in [4.69, 9.17) is 28.3 Å². The van der Waals surface area contributed by atoms with Gasteiger partial charge in [-0.3, -0.25) is 0 Å². The van der Waals surface area contributed by atoms with Crippen molar-refractivity contribution >= 4 is 28.9 Å². The van der Waals surface area contributed by atoms with Crippen molar-refractivity contribution in [3.8, 4) is 0 Å². The lowest BCUT2D eigenvalue weighted by molar-refractivity contribution is 0.276. The molecule has 1 aliphatic rings. The van der Waals surface area contributed by atoms with Gasteiger partial charge < -0.3 is 10.0 Å². The highest BCUT2D eigenvalue weighted by molar-refractivity contribution is 6.42. The molecule has 88 valence electrons. The van der Waals surface area contributed by atoms with Crippen LogP contribution in [0.5, 0.6) is 0 Å². The lowest BCUT2D eigenvalue weighted by Gasteiger charge is -2.26. The van der Waals surface area contributed by atoms with Crippen LogP contribution in [0.1, 0.15) is 19.3 Å². The molecule has 4 heteroatoms. The second-order valence-electron chi connectivity index (χ2n) is 4.10. The van der Waals surface area contributed by atoms with Gasteiger partial charge in [0, 0.05) is 24.9 Å². The molecule has 0 radical (unpaired) electrons. The average Bonchev–Trinajstić information content (AvgIpc) is 2.71. The van der Waals surface area contributed by atoms with Crippen LogP contribution in [-0.2, 0) is 0 Å². The molecule has 1 fully saturated rings. The van der Waals surface area contributed by atoms with Gasteiger partial charge in [-0.15, -0.1) is 0 Å². The van der Waals surface area contributed by atoms with Crippen molar-refractivity contribution < 1.29 is 5.11 Å². The molecule has 1 aliphatic heterocycles. The molecule has 0 bridgehead atoms. The molecule has 1 N–H and O–H groups in total. The second kappa shape index (κ2) is 5.26. The van der Waals surface area contributed by atoms with E-state index in [2.05, 4.69) is 4.90 Å². The van der Waals surface area contributed by atoms with Gasteiger partial charge in [0.2, 0.25) is 0 Å². The Hall–Kier alpha value is -0.440. The summed E-state index contributed by atoms with van der Waals surface area (Å²) in [6.45, 7) is 1.27. The molecule has 0 saturated carbocycles. The molecule has 1 aromatic rings. The molecule has 0 aromatic heterocycles. The van der Waals surface area contributed by atoms with Gasteiger partial charge in [-0.25, -0.2) is 0 Å². The third-order valence-electron chi connectivity index (χ3n) is 3.07. The van der Waals surface area contributed by atoms with Crippen molar-refractivity contribution in [1.29, 1.82) is 0 Å². The summed E-state index contributed by atoms with van der Waals surface area (Å²) in [4.78, 5) is 2.30. The highest BCUT2D eigenvalue weighted by atomic mass is 35.5. The molecule has 1 heterocycles. The Bertz CT molecular complexity index is 370. The van der Waals surface area contributed by atoms with Crippen LogP contribution in [0.4, 0.5) is 5.69 Å². The molecule has 0 spiro atoms. The molecule has 0 amide bonds. The molecular formula is C12H15Cl2NO. The molecule has 1 atom stereocenters. The summed E-state index contributed by atoms with van der Waals surface area (Å²) in [7, 11) is 0. The maximum absolute atomic E-state index is 9.02. The molecule has 1 saturated heterocycles. The predicted molar refractivity (Wildman–Crippen MR) is 68.5 cm³/mol. The maximum atomic E-state index is 9.02. The summed E-state index contributed by atoms with van der Waals surface area (Å²) in [6.07, 6.45) is 3.13. The zero-order chi connectivity index (χ0) is 11.5. The molecule has 1 unspecified atom stereocenters. The van der Waals surface area contributed by atoms with E-state index in [1.165, 1.54) is 6.42 Å². The zero-order valence-corrected chi connectivity index (χ0v) is 10.5. The highest BCUT2D eigenvalue weighted by Gasteiger charge is 2.24. The van der Waals surface area contributed by atoms with Crippen LogP contribution in [-0.4, -0.2) is 24.3 Å². The minimum absolute atomic E-state index is 0.239. The van der Waals surface area contributed by atoms with Gasteiger partial charge in [0.25, 0.3) is 0 Å². The number of benzene rings is 1. The van der Waals surface area contributed by atoms with E-state index in [1.807, 2.05) is 18.2 Å². The summed E-state index contributed by atoms with van der Waals surface area (Å²) in [5.41, 5.74) is 1.10. The first-order chi connectivity index (χ1) is 7.72. The van der Waals surface area contributed by atoms with E-state index in [-0.39, 0.29) is 6.61 Å². The molecular weight excluding hydrogens is 245 g/mol. The minimum atomic E-state index is 0.239. The molecule has 2 rings (SSSR count). The Morgan fingerprint density at radius 1 is 1.31 bits per heavy atom. The van der Waals surface area contributed by atoms with E-state index >= 15 is 0 Å². The van der Waals surface area contributed by atoms with Crippen molar-refractivity contribution in [3.05, 3.63) is 28.2 Å². The summed E-state index contributed by atoms with van der Waals surface area (Å²) < 4.78 is 0. The number of hydrogen-bond donors (Lipinski definition) is 1. The molecule has 16 heavy (non-hydrogen) atoms. The average molecular weight is 260 g/mol. The summed E-state index contributed by atoms with van der Waals surface area (Å²) in [5.74, 6) is 0. The van der Waals surface area contributed by atoms with Crippen molar-refractivity contribution in [2.24, 2.45) is 0 Å². The van der Waals surface area contributed by atoms with Crippen LogP contribution in [0.15, 0.2) is 18.2 Å². The van der Waals surface area contributed by atoms with Crippen molar-refractivity contribution in [2.75, 3.05) is 18.1 Å². The topological polar surface area (TPSA) is 23.5 Å². The largest absolute Gasteiger partial charge is 0.396 e. The van der Waals surface area contributed by atoms with Gasteiger partial charge in [0.05, 0.1) is 10.0 Å². The summed E-state index contributed by atoms with van der Waals surface area (Å²) in [6, 6.07) is 6.15. The SMILES string of the molecule is OCCC1CCCN1c1ccc(Cl)c(Cl)c1. The Balaban J connectivity index is 2.19. The lowest BCUT2D eigenvalue weighted by Crippen LogP contribution is -2.29. The first-order valence-electron chi connectivity index (χ1n) is 5.55. The third kappa shape index (κ3) is 2.45. The number of hydrogen-bond acceptors (Lipinski definition) is 2. The smallest absolute Gasteiger partial charge is 0.0612 e. The van der Waals surface area contributed by atoms with E-state index in [9.17, 15) is 0 Å². The standard InChI is InChI=1S/C12H15Cl2NO/c13-11-4-3-10(8-12(11)14)15-6-1-2-9(15)5-7-16/h3-4,8-9,16H,1-2,5-7H2. The number of aliphatic hydroxyl groups is 1. The third-order valence-corrected chi connectivity index (χ3v) is 3.81. The van der Waals surface area contributed by atoms with E-state index < -0.39 is 0 Å². The normalized spacial score (nSPS) is 20.4. The van der Waals surface area contributed by atoms with Crippen LogP contribution in [0.2, 0.25) is 10.0 Å². The molecule has 2 nitrogen and oxygen atoms in total. The molecule has 0 aliphatic carbocycles. The lowest BCUT2D eigenvalue weighted by atomic mass is 10.1. The van der Waals surface area contributed by atoms with Crippen LogP contribution in [0, 0.1) is 0 Å². The predicted octanol–water partition coefficient (Wildman–Crippen LogP) is 3.34. The molecule has 1 aromatic carbocycles. The van der Waals surface area contributed by atoms with Gasteiger partial charge in [-0.05, 0) is 37.5 Å². The highest BCUT2D eigenvalue weighted by Crippen LogP contribution is 2.32. The zero-order valence-electron chi connectivity index (χ0n) is 9.00. The van der Waals surface area contributed by atoms with Crippen molar-refractivity contribution in [1.82, 2.24) is 0 Å². The number of rotatable bonds is 3. The number of halogens is 2. The van der Waals surface area contributed by atoms with E-state index in [0.717, 1.165) is 25.1 Å². The van der Waals surface area contributed by atoms with Crippen LogP contribution in [0.3, 0.4) is 0 Å². The van der Waals surface area contributed by atoms with Crippen molar-refractivity contribution in [3.63, 3.8) is 0 Å². The first-order valence-corrected chi connectivity index (χ1v) is 6.30. The fourth-order valence-corrected chi connectivity index (χ4v) is 2.58. The second-order valence-corrected chi connectivity index (χ2v) is 4.91. The van der Waals surface area contributed by atoms with Gasteiger partial charge in [0.15, 0.2) is 0 Å².